The Bertz CT molecular complexity index is 196. The summed E-state index contributed by atoms with van der Waals surface area (Å²) < 4.78 is 5.70. The van der Waals surface area contributed by atoms with Crippen molar-refractivity contribution in [3.63, 3.8) is 0 Å². The van der Waals surface area contributed by atoms with E-state index in [9.17, 15) is 0 Å². The van der Waals surface area contributed by atoms with Crippen LogP contribution in [-0.2, 0) is 4.74 Å². The molecule has 102 valence electrons. The third kappa shape index (κ3) is 4.74. The number of ether oxygens (including phenoxy) is 1. The van der Waals surface area contributed by atoms with E-state index in [2.05, 4.69) is 17.1 Å². The molecule has 2 atom stereocenters. The van der Waals surface area contributed by atoms with Crippen LogP contribution in [0.2, 0.25) is 0 Å². The number of nitrogens with one attached hydrogen (secondary N) is 1. The summed E-state index contributed by atoms with van der Waals surface area (Å²) in [5.74, 6) is 0. The molecule has 2 saturated heterocycles. The highest BCUT2D eigenvalue weighted by Gasteiger charge is 2.23. The summed E-state index contributed by atoms with van der Waals surface area (Å²) in [6.45, 7) is 8.07. The molecule has 1 N–H and O–H groups in total. The number of halogens is 1. The van der Waals surface area contributed by atoms with Crippen LogP contribution in [0.3, 0.4) is 0 Å². The van der Waals surface area contributed by atoms with Crippen LogP contribution < -0.4 is 5.32 Å². The van der Waals surface area contributed by atoms with Crippen LogP contribution in [0.1, 0.15) is 39.0 Å². The fraction of sp³-hybridized carbons (Fsp3) is 1.00. The third-order valence-electron chi connectivity index (χ3n) is 3.86. The molecule has 0 aliphatic carbocycles. The molecule has 0 aromatic rings. The Morgan fingerprint density at radius 1 is 1.35 bits per heavy atom. The first-order chi connectivity index (χ1) is 7.90. The normalized spacial score (nSPS) is 30.2. The van der Waals surface area contributed by atoms with Gasteiger partial charge in [0.2, 0.25) is 0 Å². The van der Waals surface area contributed by atoms with Gasteiger partial charge in [0.25, 0.3) is 0 Å². The molecule has 2 aliphatic rings. The van der Waals surface area contributed by atoms with Gasteiger partial charge in [-0.2, -0.15) is 0 Å². The monoisotopic (exact) mass is 262 g/mol. The highest BCUT2D eigenvalue weighted by molar-refractivity contribution is 5.85. The molecule has 2 aliphatic heterocycles. The summed E-state index contributed by atoms with van der Waals surface area (Å²) >= 11 is 0. The second-order valence-corrected chi connectivity index (χ2v) is 5.11. The predicted octanol–water partition coefficient (Wildman–Crippen LogP) is 2.05. The molecule has 0 aromatic carbocycles. The topological polar surface area (TPSA) is 24.5 Å². The van der Waals surface area contributed by atoms with Crippen molar-refractivity contribution in [1.29, 1.82) is 0 Å². The number of rotatable bonds is 5. The van der Waals surface area contributed by atoms with Crippen LogP contribution in [0, 0.1) is 0 Å². The molecule has 17 heavy (non-hydrogen) atoms. The molecule has 0 radical (unpaired) electrons. The molecule has 0 spiro atoms. The predicted molar refractivity (Wildman–Crippen MR) is 74.0 cm³/mol. The largest absolute Gasteiger partial charge is 0.378 e. The lowest BCUT2D eigenvalue weighted by Gasteiger charge is -2.36. The molecule has 4 heteroatoms. The molecule has 0 aromatic heterocycles. The molecule has 2 fully saturated rings. The Morgan fingerprint density at radius 2 is 2.24 bits per heavy atom. The molecular formula is C13H27ClN2O. The molecular weight excluding hydrogens is 236 g/mol. The van der Waals surface area contributed by atoms with E-state index in [-0.39, 0.29) is 12.4 Å². The number of hydrogen-bond acceptors (Lipinski definition) is 3. The first kappa shape index (κ1) is 15.2. The molecule has 0 saturated carbocycles. The van der Waals surface area contributed by atoms with Crippen molar-refractivity contribution in [3.05, 3.63) is 0 Å². The minimum Gasteiger partial charge on any atom is -0.378 e. The number of nitrogens with zero attached hydrogens (tertiary/aromatic N) is 1. The zero-order valence-corrected chi connectivity index (χ0v) is 11.8. The summed E-state index contributed by atoms with van der Waals surface area (Å²) in [7, 11) is 0. The average molecular weight is 263 g/mol. The lowest BCUT2D eigenvalue weighted by molar-refractivity contribution is 0.0768. The van der Waals surface area contributed by atoms with E-state index < -0.39 is 0 Å². The van der Waals surface area contributed by atoms with Crippen LogP contribution in [0.25, 0.3) is 0 Å². The van der Waals surface area contributed by atoms with Gasteiger partial charge in [-0.25, -0.2) is 0 Å². The van der Waals surface area contributed by atoms with E-state index >= 15 is 0 Å². The van der Waals surface area contributed by atoms with Crippen molar-refractivity contribution in [2.24, 2.45) is 0 Å². The van der Waals surface area contributed by atoms with Gasteiger partial charge in [0, 0.05) is 38.8 Å². The van der Waals surface area contributed by atoms with Crippen molar-refractivity contribution < 1.29 is 4.74 Å². The Hall–Kier alpha value is 0.170. The number of hydrogen-bond donors (Lipinski definition) is 1. The SMILES string of the molecule is CCCC1CNCCN1CCC1CCCO1.Cl. The van der Waals surface area contributed by atoms with Crippen molar-refractivity contribution in [2.45, 2.75) is 51.2 Å². The third-order valence-corrected chi connectivity index (χ3v) is 3.86. The fourth-order valence-electron chi connectivity index (χ4n) is 2.90. The average Bonchev–Trinajstić information content (AvgIpc) is 2.81. The van der Waals surface area contributed by atoms with Gasteiger partial charge in [0.1, 0.15) is 0 Å². The van der Waals surface area contributed by atoms with E-state index in [1.165, 1.54) is 51.7 Å². The van der Waals surface area contributed by atoms with Crippen molar-refractivity contribution in [1.82, 2.24) is 10.2 Å². The van der Waals surface area contributed by atoms with Gasteiger partial charge in [-0.15, -0.1) is 12.4 Å². The maximum atomic E-state index is 5.70. The summed E-state index contributed by atoms with van der Waals surface area (Å²) in [4.78, 5) is 2.67. The fourth-order valence-corrected chi connectivity index (χ4v) is 2.90. The summed E-state index contributed by atoms with van der Waals surface area (Å²) in [5, 5.41) is 3.50. The zero-order valence-electron chi connectivity index (χ0n) is 11.0. The summed E-state index contributed by atoms with van der Waals surface area (Å²) in [6, 6.07) is 0.764. The molecule has 0 amide bonds. The molecule has 3 nitrogen and oxygen atoms in total. The summed E-state index contributed by atoms with van der Waals surface area (Å²) in [5.41, 5.74) is 0. The van der Waals surface area contributed by atoms with Crippen LogP contribution in [0.4, 0.5) is 0 Å². The van der Waals surface area contributed by atoms with Crippen LogP contribution >= 0.6 is 12.4 Å². The molecule has 2 heterocycles. The Morgan fingerprint density at radius 3 is 2.94 bits per heavy atom. The van der Waals surface area contributed by atoms with E-state index in [0.29, 0.717) is 6.10 Å². The highest BCUT2D eigenvalue weighted by atomic mass is 35.5. The van der Waals surface area contributed by atoms with E-state index in [0.717, 1.165) is 19.2 Å². The van der Waals surface area contributed by atoms with Crippen LogP contribution in [0.15, 0.2) is 0 Å². The lowest BCUT2D eigenvalue weighted by atomic mass is 10.1. The first-order valence-electron chi connectivity index (χ1n) is 6.96. The standard InChI is InChI=1S/C13H26N2O.ClH/c1-2-4-12-11-14-7-9-15(12)8-6-13-5-3-10-16-13;/h12-14H,2-11H2,1H3;1H. The van der Waals surface area contributed by atoms with Crippen LogP contribution in [-0.4, -0.2) is 49.8 Å². The minimum absolute atomic E-state index is 0. The van der Waals surface area contributed by atoms with Gasteiger partial charge in [-0.3, -0.25) is 4.90 Å². The Kier molecular flexibility index (Phi) is 7.44. The smallest absolute Gasteiger partial charge is 0.0588 e. The molecule has 2 unspecified atom stereocenters. The van der Waals surface area contributed by atoms with Crippen molar-refractivity contribution in [2.75, 3.05) is 32.8 Å². The highest BCUT2D eigenvalue weighted by Crippen LogP contribution is 2.17. The van der Waals surface area contributed by atoms with Crippen molar-refractivity contribution >= 4 is 12.4 Å². The van der Waals surface area contributed by atoms with Gasteiger partial charge < -0.3 is 10.1 Å². The Balaban J connectivity index is 0.00000144. The first-order valence-corrected chi connectivity index (χ1v) is 6.96. The maximum absolute atomic E-state index is 5.70. The maximum Gasteiger partial charge on any atom is 0.0588 e. The van der Waals surface area contributed by atoms with Gasteiger partial charge in [0.15, 0.2) is 0 Å². The summed E-state index contributed by atoms with van der Waals surface area (Å²) in [6.07, 6.45) is 6.97. The quantitative estimate of drug-likeness (QED) is 0.821. The number of piperazine rings is 1. The van der Waals surface area contributed by atoms with E-state index in [1.807, 2.05) is 0 Å². The van der Waals surface area contributed by atoms with Gasteiger partial charge in [-0.05, 0) is 25.7 Å². The van der Waals surface area contributed by atoms with E-state index in [1.54, 1.807) is 0 Å². The Labute approximate surface area is 112 Å². The lowest BCUT2D eigenvalue weighted by Crippen LogP contribution is -2.51. The van der Waals surface area contributed by atoms with Crippen LogP contribution in [0.5, 0.6) is 0 Å². The zero-order chi connectivity index (χ0) is 11.2. The molecule has 2 rings (SSSR count). The van der Waals surface area contributed by atoms with Gasteiger partial charge in [-0.1, -0.05) is 13.3 Å². The van der Waals surface area contributed by atoms with Gasteiger partial charge in [0.05, 0.1) is 6.10 Å². The van der Waals surface area contributed by atoms with Gasteiger partial charge >= 0.3 is 0 Å². The van der Waals surface area contributed by atoms with E-state index in [4.69, 9.17) is 4.74 Å². The minimum atomic E-state index is 0. The second-order valence-electron chi connectivity index (χ2n) is 5.11. The second kappa shape index (κ2) is 8.30. The van der Waals surface area contributed by atoms with Crippen molar-refractivity contribution in [3.8, 4) is 0 Å². The molecule has 0 bridgehead atoms.